The van der Waals surface area contributed by atoms with Crippen LogP contribution in [-0.2, 0) is 19.1 Å². The second-order valence-corrected chi connectivity index (χ2v) is 4.78. The van der Waals surface area contributed by atoms with Gasteiger partial charge in [0.2, 0.25) is 11.8 Å². The Balaban J connectivity index is 2.54. The standard InChI is InChI=1S/C13H24N2O5/c1-19-7-4-14(3-6-16)13(18)11-9-12(17)15(10-11)5-8-20-2/h11,16H,3-10H2,1-2H3. The molecule has 1 rings (SSSR count). The number of rotatable bonds is 9. The van der Waals surface area contributed by atoms with Crippen molar-refractivity contribution in [1.29, 1.82) is 0 Å². The Morgan fingerprint density at radius 3 is 2.65 bits per heavy atom. The summed E-state index contributed by atoms with van der Waals surface area (Å²) in [4.78, 5) is 27.4. The van der Waals surface area contributed by atoms with E-state index in [2.05, 4.69) is 0 Å². The van der Waals surface area contributed by atoms with Gasteiger partial charge in [0.05, 0.1) is 25.7 Å². The minimum atomic E-state index is -0.331. The van der Waals surface area contributed by atoms with Crippen LogP contribution in [0.2, 0.25) is 0 Å². The van der Waals surface area contributed by atoms with Crippen LogP contribution in [0, 0.1) is 5.92 Å². The Bertz CT molecular complexity index is 324. The molecule has 1 aliphatic rings. The number of ether oxygens (including phenoxy) is 2. The van der Waals surface area contributed by atoms with Crippen LogP contribution in [0.4, 0.5) is 0 Å². The highest BCUT2D eigenvalue weighted by Crippen LogP contribution is 2.19. The van der Waals surface area contributed by atoms with Crippen molar-refractivity contribution in [2.24, 2.45) is 5.92 Å². The number of carbonyl (C=O) groups is 2. The van der Waals surface area contributed by atoms with Crippen LogP contribution in [0.1, 0.15) is 6.42 Å². The van der Waals surface area contributed by atoms with Crippen molar-refractivity contribution in [3.8, 4) is 0 Å². The quantitative estimate of drug-likeness (QED) is 0.585. The summed E-state index contributed by atoms with van der Waals surface area (Å²) in [7, 11) is 3.14. The van der Waals surface area contributed by atoms with Gasteiger partial charge in [0, 0.05) is 46.8 Å². The van der Waals surface area contributed by atoms with Gasteiger partial charge >= 0.3 is 0 Å². The molecule has 0 aromatic heterocycles. The first-order valence-corrected chi connectivity index (χ1v) is 6.79. The number of carbonyl (C=O) groups excluding carboxylic acids is 2. The third kappa shape index (κ3) is 4.73. The van der Waals surface area contributed by atoms with E-state index < -0.39 is 0 Å². The van der Waals surface area contributed by atoms with E-state index in [1.165, 1.54) is 0 Å². The maximum absolute atomic E-state index is 12.4. The fourth-order valence-corrected chi connectivity index (χ4v) is 2.27. The Morgan fingerprint density at radius 1 is 1.35 bits per heavy atom. The molecule has 116 valence electrons. The van der Waals surface area contributed by atoms with Crippen LogP contribution in [0.15, 0.2) is 0 Å². The topological polar surface area (TPSA) is 79.3 Å². The predicted octanol–water partition coefficient (Wildman–Crippen LogP) is -1.05. The summed E-state index contributed by atoms with van der Waals surface area (Å²) in [5.41, 5.74) is 0. The lowest BCUT2D eigenvalue weighted by molar-refractivity contribution is -0.137. The molecule has 0 bridgehead atoms. The van der Waals surface area contributed by atoms with Gasteiger partial charge in [0.25, 0.3) is 0 Å². The monoisotopic (exact) mass is 288 g/mol. The zero-order valence-electron chi connectivity index (χ0n) is 12.2. The van der Waals surface area contributed by atoms with E-state index in [4.69, 9.17) is 14.6 Å². The first-order valence-electron chi connectivity index (χ1n) is 6.79. The zero-order valence-corrected chi connectivity index (χ0v) is 12.2. The molecule has 0 aromatic rings. The van der Waals surface area contributed by atoms with Crippen LogP contribution in [0.5, 0.6) is 0 Å². The van der Waals surface area contributed by atoms with Crippen LogP contribution < -0.4 is 0 Å². The van der Waals surface area contributed by atoms with Gasteiger partial charge in [0.1, 0.15) is 0 Å². The molecule has 1 atom stereocenters. The number of likely N-dealkylation sites (tertiary alicyclic amines) is 1. The van der Waals surface area contributed by atoms with Crippen LogP contribution in [-0.4, -0.2) is 86.9 Å². The third-order valence-electron chi connectivity index (χ3n) is 3.38. The Morgan fingerprint density at radius 2 is 2.05 bits per heavy atom. The average Bonchev–Trinajstić information content (AvgIpc) is 2.81. The fraction of sp³-hybridized carbons (Fsp3) is 0.846. The van der Waals surface area contributed by atoms with Gasteiger partial charge in [-0.25, -0.2) is 0 Å². The molecular formula is C13H24N2O5. The lowest BCUT2D eigenvalue weighted by Crippen LogP contribution is -2.41. The maximum Gasteiger partial charge on any atom is 0.228 e. The molecule has 7 heteroatoms. The molecule has 0 aromatic carbocycles. The molecule has 0 radical (unpaired) electrons. The summed E-state index contributed by atoms with van der Waals surface area (Å²) in [6.45, 7) is 2.43. The molecule has 0 aliphatic carbocycles. The van der Waals surface area contributed by atoms with Gasteiger partial charge in [0.15, 0.2) is 0 Å². The van der Waals surface area contributed by atoms with Crippen molar-refractivity contribution in [2.45, 2.75) is 6.42 Å². The number of methoxy groups -OCH3 is 2. The van der Waals surface area contributed by atoms with E-state index in [1.54, 1.807) is 24.0 Å². The van der Waals surface area contributed by atoms with Gasteiger partial charge < -0.3 is 24.4 Å². The second-order valence-electron chi connectivity index (χ2n) is 4.78. The van der Waals surface area contributed by atoms with Crippen molar-refractivity contribution in [2.75, 3.05) is 60.2 Å². The predicted molar refractivity (Wildman–Crippen MR) is 72.1 cm³/mol. The first-order chi connectivity index (χ1) is 9.63. The fourth-order valence-electron chi connectivity index (χ4n) is 2.27. The summed E-state index contributed by atoms with van der Waals surface area (Å²) < 4.78 is 9.91. The summed E-state index contributed by atoms with van der Waals surface area (Å²) >= 11 is 0. The average molecular weight is 288 g/mol. The molecule has 2 amide bonds. The highest BCUT2D eigenvalue weighted by atomic mass is 16.5. The van der Waals surface area contributed by atoms with Gasteiger partial charge in [-0.2, -0.15) is 0 Å². The summed E-state index contributed by atoms with van der Waals surface area (Å²) in [6.07, 6.45) is 0.234. The number of nitrogens with zero attached hydrogens (tertiary/aromatic N) is 2. The number of aliphatic hydroxyl groups is 1. The molecule has 1 N–H and O–H groups in total. The first kappa shape index (κ1) is 16.9. The number of hydrogen-bond donors (Lipinski definition) is 1. The lowest BCUT2D eigenvalue weighted by atomic mass is 10.1. The molecule has 1 unspecified atom stereocenters. The van der Waals surface area contributed by atoms with E-state index in [-0.39, 0.29) is 37.3 Å². The maximum atomic E-state index is 12.4. The minimum absolute atomic E-state index is 0.0175. The van der Waals surface area contributed by atoms with Crippen molar-refractivity contribution >= 4 is 11.8 Å². The molecule has 1 fully saturated rings. The number of hydrogen-bond acceptors (Lipinski definition) is 5. The number of amides is 2. The largest absolute Gasteiger partial charge is 0.395 e. The van der Waals surface area contributed by atoms with Crippen LogP contribution >= 0.6 is 0 Å². The Hall–Kier alpha value is -1.18. The Labute approximate surface area is 119 Å². The van der Waals surface area contributed by atoms with Gasteiger partial charge in [-0.1, -0.05) is 0 Å². The highest BCUT2D eigenvalue weighted by molar-refractivity contribution is 5.89. The Kier molecular flexibility index (Phi) is 7.50. The number of aliphatic hydroxyl groups excluding tert-OH is 1. The summed E-state index contributed by atoms with van der Waals surface area (Å²) in [5, 5.41) is 9.02. The molecule has 0 spiro atoms. The van der Waals surface area contributed by atoms with Gasteiger partial charge in [-0.05, 0) is 0 Å². The normalized spacial score (nSPS) is 18.6. The van der Waals surface area contributed by atoms with Crippen LogP contribution in [0.3, 0.4) is 0 Å². The third-order valence-corrected chi connectivity index (χ3v) is 3.38. The summed E-state index contributed by atoms with van der Waals surface area (Å²) in [6, 6.07) is 0. The molecule has 0 saturated carbocycles. The minimum Gasteiger partial charge on any atom is -0.395 e. The molecular weight excluding hydrogens is 264 g/mol. The van der Waals surface area contributed by atoms with E-state index in [0.717, 1.165) is 0 Å². The van der Waals surface area contributed by atoms with Gasteiger partial charge in [-0.15, -0.1) is 0 Å². The van der Waals surface area contributed by atoms with E-state index >= 15 is 0 Å². The molecule has 20 heavy (non-hydrogen) atoms. The van der Waals surface area contributed by atoms with Crippen molar-refractivity contribution in [3.05, 3.63) is 0 Å². The smallest absolute Gasteiger partial charge is 0.228 e. The summed E-state index contributed by atoms with van der Waals surface area (Å²) in [5.74, 6) is -0.441. The molecule has 1 heterocycles. The molecule has 7 nitrogen and oxygen atoms in total. The lowest BCUT2D eigenvalue weighted by Gasteiger charge is -2.24. The van der Waals surface area contributed by atoms with Gasteiger partial charge in [-0.3, -0.25) is 9.59 Å². The SMILES string of the molecule is COCCN1CC(C(=O)N(CCO)CCOC)CC1=O. The second kappa shape index (κ2) is 8.89. The van der Waals surface area contributed by atoms with Crippen molar-refractivity contribution < 1.29 is 24.2 Å². The van der Waals surface area contributed by atoms with E-state index in [0.29, 0.717) is 32.8 Å². The van der Waals surface area contributed by atoms with Crippen LogP contribution in [0.25, 0.3) is 0 Å². The highest BCUT2D eigenvalue weighted by Gasteiger charge is 2.35. The van der Waals surface area contributed by atoms with E-state index in [1.807, 2.05) is 0 Å². The van der Waals surface area contributed by atoms with Crippen molar-refractivity contribution in [3.63, 3.8) is 0 Å². The zero-order chi connectivity index (χ0) is 15.0. The van der Waals surface area contributed by atoms with E-state index in [9.17, 15) is 9.59 Å². The molecule has 1 aliphatic heterocycles. The van der Waals surface area contributed by atoms with Crippen molar-refractivity contribution in [1.82, 2.24) is 9.80 Å². The molecule has 1 saturated heterocycles.